The lowest BCUT2D eigenvalue weighted by molar-refractivity contribution is -0.119. The maximum absolute atomic E-state index is 12.1. The number of para-hydroxylation sites is 1. The summed E-state index contributed by atoms with van der Waals surface area (Å²) in [7, 11) is 1.47. The minimum atomic E-state index is -0.689. The fourth-order valence-corrected chi connectivity index (χ4v) is 2.45. The number of H-pyrrole nitrogens is 1. The number of ether oxygens (including phenoxy) is 2. The number of benzene rings is 2. The van der Waals surface area contributed by atoms with Gasteiger partial charge in [-0.05, 0) is 24.3 Å². The molecule has 0 saturated carbocycles. The molecule has 25 heavy (non-hydrogen) atoms. The summed E-state index contributed by atoms with van der Waals surface area (Å²) in [5, 5.41) is 10.3. The van der Waals surface area contributed by atoms with Gasteiger partial charge in [0.1, 0.15) is 5.75 Å². The molecule has 0 spiro atoms. The van der Waals surface area contributed by atoms with E-state index in [1.165, 1.54) is 7.11 Å². The molecule has 0 fully saturated rings. The SMILES string of the molecule is COc1ccc(Cl)cc1NC(=O)COC(=O)c1n[nH]c2ccccc12. The van der Waals surface area contributed by atoms with E-state index in [2.05, 4.69) is 15.5 Å². The molecule has 2 aromatic carbocycles. The highest BCUT2D eigenvalue weighted by atomic mass is 35.5. The molecule has 0 radical (unpaired) electrons. The van der Waals surface area contributed by atoms with Crippen molar-refractivity contribution in [2.75, 3.05) is 19.0 Å². The zero-order chi connectivity index (χ0) is 17.8. The first-order valence-corrected chi connectivity index (χ1v) is 7.70. The lowest BCUT2D eigenvalue weighted by Crippen LogP contribution is -2.21. The van der Waals surface area contributed by atoms with Crippen LogP contribution in [-0.2, 0) is 9.53 Å². The number of carbonyl (C=O) groups excluding carboxylic acids is 2. The molecule has 3 rings (SSSR count). The molecule has 0 atom stereocenters. The van der Waals surface area contributed by atoms with Crippen LogP contribution < -0.4 is 10.1 Å². The zero-order valence-electron chi connectivity index (χ0n) is 13.2. The van der Waals surface area contributed by atoms with Gasteiger partial charge < -0.3 is 14.8 Å². The van der Waals surface area contributed by atoms with E-state index in [-0.39, 0.29) is 5.69 Å². The third-order valence-electron chi connectivity index (χ3n) is 3.43. The minimum absolute atomic E-state index is 0.128. The number of esters is 1. The standard InChI is InChI=1S/C17H14ClN3O4/c1-24-14-7-6-10(18)8-13(14)19-15(22)9-25-17(23)16-11-4-2-3-5-12(11)20-21-16/h2-8H,9H2,1H3,(H,19,22)(H,20,21). The van der Waals surface area contributed by atoms with E-state index in [4.69, 9.17) is 21.1 Å². The van der Waals surface area contributed by atoms with Gasteiger partial charge in [0.05, 0.1) is 18.3 Å². The average molecular weight is 360 g/mol. The number of hydrogen-bond acceptors (Lipinski definition) is 5. The third kappa shape index (κ3) is 3.72. The van der Waals surface area contributed by atoms with Gasteiger partial charge >= 0.3 is 5.97 Å². The van der Waals surface area contributed by atoms with Gasteiger partial charge in [-0.15, -0.1) is 0 Å². The van der Waals surface area contributed by atoms with Crippen molar-refractivity contribution in [3.8, 4) is 5.75 Å². The molecule has 0 aliphatic carbocycles. The smallest absolute Gasteiger partial charge is 0.359 e. The van der Waals surface area contributed by atoms with Crippen LogP contribution in [0.2, 0.25) is 5.02 Å². The summed E-state index contributed by atoms with van der Waals surface area (Å²) in [6.45, 7) is -0.463. The summed E-state index contributed by atoms with van der Waals surface area (Å²) >= 11 is 5.90. The van der Waals surface area contributed by atoms with Crippen LogP contribution in [0.4, 0.5) is 5.69 Å². The Kier molecular flexibility index (Phi) is 4.85. The van der Waals surface area contributed by atoms with Crippen molar-refractivity contribution >= 4 is 40.1 Å². The lowest BCUT2D eigenvalue weighted by atomic mass is 10.2. The van der Waals surface area contributed by atoms with Crippen molar-refractivity contribution in [1.29, 1.82) is 0 Å². The van der Waals surface area contributed by atoms with Crippen LogP contribution in [0.15, 0.2) is 42.5 Å². The molecule has 0 unspecified atom stereocenters. The topological polar surface area (TPSA) is 93.3 Å². The Hall–Kier alpha value is -3.06. The summed E-state index contributed by atoms with van der Waals surface area (Å²) in [6.07, 6.45) is 0. The van der Waals surface area contributed by atoms with Gasteiger partial charge in [0.15, 0.2) is 12.3 Å². The Morgan fingerprint density at radius 2 is 2.04 bits per heavy atom. The van der Waals surface area contributed by atoms with E-state index >= 15 is 0 Å². The first-order valence-electron chi connectivity index (χ1n) is 7.32. The van der Waals surface area contributed by atoms with Crippen molar-refractivity contribution in [1.82, 2.24) is 10.2 Å². The number of methoxy groups -OCH3 is 1. The minimum Gasteiger partial charge on any atom is -0.495 e. The highest BCUT2D eigenvalue weighted by Crippen LogP contribution is 2.27. The zero-order valence-corrected chi connectivity index (χ0v) is 14.0. The molecular formula is C17H14ClN3O4. The van der Waals surface area contributed by atoms with Gasteiger partial charge in [-0.1, -0.05) is 29.8 Å². The predicted molar refractivity (Wildman–Crippen MR) is 93.0 cm³/mol. The Balaban J connectivity index is 1.64. The van der Waals surface area contributed by atoms with Crippen molar-refractivity contribution in [2.45, 2.75) is 0 Å². The highest BCUT2D eigenvalue weighted by molar-refractivity contribution is 6.31. The molecule has 0 saturated heterocycles. The second-order valence-electron chi connectivity index (χ2n) is 5.09. The van der Waals surface area contributed by atoms with Crippen LogP contribution in [0.3, 0.4) is 0 Å². The number of aromatic amines is 1. The number of nitrogens with zero attached hydrogens (tertiary/aromatic N) is 1. The van der Waals surface area contributed by atoms with Gasteiger partial charge in [0, 0.05) is 10.4 Å². The second kappa shape index (κ2) is 7.23. The van der Waals surface area contributed by atoms with Gasteiger partial charge in [0.2, 0.25) is 0 Å². The number of aromatic nitrogens is 2. The maximum atomic E-state index is 12.1. The maximum Gasteiger partial charge on any atom is 0.359 e. The number of amides is 1. The van der Waals surface area contributed by atoms with Crippen LogP contribution in [0.5, 0.6) is 5.75 Å². The Morgan fingerprint density at radius 1 is 1.24 bits per heavy atom. The van der Waals surface area contributed by atoms with Gasteiger partial charge in [-0.25, -0.2) is 4.79 Å². The molecule has 1 heterocycles. The number of anilines is 1. The summed E-state index contributed by atoms with van der Waals surface area (Å²) < 4.78 is 10.2. The van der Waals surface area contributed by atoms with Crippen molar-refractivity contribution in [3.05, 3.63) is 53.2 Å². The van der Waals surface area contributed by atoms with Crippen LogP contribution in [-0.4, -0.2) is 35.8 Å². The van der Waals surface area contributed by atoms with Crippen LogP contribution >= 0.6 is 11.6 Å². The quantitative estimate of drug-likeness (QED) is 0.683. The van der Waals surface area contributed by atoms with Crippen LogP contribution in [0, 0.1) is 0 Å². The molecule has 7 nitrogen and oxygen atoms in total. The molecule has 0 bridgehead atoms. The molecule has 2 N–H and O–H groups in total. The number of nitrogens with one attached hydrogen (secondary N) is 2. The van der Waals surface area contributed by atoms with Gasteiger partial charge in [0.25, 0.3) is 5.91 Å². The second-order valence-corrected chi connectivity index (χ2v) is 5.52. The number of fused-ring (bicyclic) bond motifs is 1. The lowest BCUT2D eigenvalue weighted by Gasteiger charge is -2.10. The largest absolute Gasteiger partial charge is 0.495 e. The van der Waals surface area contributed by atoms with Crippen LogP contribution in [0.1, 0.15) is 10.5 Å². The van der Waals surface area contributed by atoms with E-state index in [0.29, 0.717) is 27.4 Å². The van der Waals surface area contributed by atoms with E-state index in [9.17, 15) is 9.59 Å². The molecule has 128 valence electrons. The fraction of sp³-hybridized carbons (Fsp3) is 0.118. The highest BCUT2D eigenvalue weighted by Gasteiger charge is 2.17. The Bertz CT molecular complexity index is 939. The van der Waals surface area contributed by atoms with E-state index in [0.717, 1.165) is 0 Å². The molecule has 1 amide bonds. The molecule has 0 aliphatic heterocycles. The summed E-state index contributed by atoms with van der Waals surface area (Å²) in [5.74, 6) is -0.762. The average Bonchev–Trinajstić information content (AvgIpc) is 3.04. The van der Waals surface area contributed by atoms with E-state index in [1.54, 1.807) is 36.4 Å². The molecule has 8 heteroatoms. The summed E-state index contributed by atoms with van der Waals surface area (Å²) in [6, 6.07) is 11.9. The molecule has 3 aromatic rings. The van der Waals surface area contributed by atoms with E-state index in [1.807, 2.05) is 6.07 Å². The molecule has 1 aromatic heterocycles. The first-order chi connectivity index (χ1) is 12.1. The first kappa shape index (κ1) is 16.8. The number of halogens is 1. The Labute approximate surface area is 147 Å². The normalized spacial score (nSPS) is 10.5. The van der Waals surface area contributed by atoms with Gasteiger partial charge in [-0.3, -0.25) is 9.89 Å². The monoisotopic (exact) mass is 359 g/mol. The van der Waals surface area contributed by atoms with E-state index < -0.39 is 18.5 Å². The predicted octanol–water partition coefficient (Wildman–Crippen LogP) is 3.02. The summed E-state index contributed by atoms with van der Waals surface area (Å²) in [5.41, 5.74) is 1.23. The molecule has 0 aliphatic rings. The van der Waals surface area contributed by atoms with Crippen LogP contribution in [0.25, 0.3) is 10.9 Å². The third-order valence-corrected chi connectivity index (χ3v) is 3.67. The Morgan fingerprint density at radius 3 is 2.84 bits per heavy atom. The van der Waals surface area contributed by atoms with Crippen molar-refractivity contribution in [3.63, 3.8) is 0 Å². The number of carbonyl (C=O) groups is 2. The fourth-order valence-electron chi connectivity index (χ4n) is 2.28. The number of hydrogen-bond donors (Lipinski definition) is 2. The van der Waals surface area contributed by atoms with Crippen molar-refractivity contribution in [2.24, 2.45) is 0 Å². The van der Waals surface area contributed by atoms with Crippen molar-refractivity contribution < 1.29 is 19.1 Å². The summed E-state index contributed by atoms with van der Waals surface area (Å²) in [4.78, 5) is 24.1. The number of rotatable bonds is 5. The van der Waals surface area contributed by atoms with Gasteiger partial charge in [-0.2, -0.15) is 5.10 Å². The molecular weight excluding hydrogens is 346 g/mol.